The third-order valence-corrected chi connectivity index (χ3v) is 4.80. The molecule has 3 N–H and O–H groups in total. The van der Waals surface area contributed by atoms with Crippen LogP contribution < -0.4 is 21.9 Å². The van der Waals surface area contributed by atoms with Gasteiger partial charge < -0.3 is 10.5 Å². The van der Waals surface area contributed by atoms with Gasteiger partial charge in [0.05, 0.1) is 15.8 Å². The molecule has 0 aromatic carbocycles. The average molecular weight is 401 g/mol. The molecular weight excluding hydrogens is 380 g/mol. The lowest BCUT2D eigenvalue weighted by Gasteiger charge is -2.24. The second kappa shape index (κ2) is 8.52. The molecule has 2 aromatic rings. The number of carbonyl (C=O) groups is 1. The van der Waals surface area contributed by atoms with Crippen LogP contribution in [0.15, 0.2) is 21.7 Å². The summed E-state index contributed by atoms with van der Waals surface area (Å²) in [6, 6.07) is 3.17. The van der Waals surface area contributed by atoms with Crippen molar-refractivity contribution in [1.82, 2.24) is 9.55 Å². The number of thiophene rings is 1. The van der Waals surface area contributed by atoms with Crippen molar-refractivity contribution in [3.8, 4) is 0 Å². The van der Waals surface area contributed by atoms with Gasteiger partial charge in [0.25, 0.3) is 11.5 Å². The van der Waals surface area contributed by atoms with Gasteiger partial charge in [-0.2, -0.15) is 0 Å². The van der Waals surface area contributed by atoms with E-state index >= 15 is 0 Å². The highest BCUT2D eigenvalue weighted by molar-refractivity contribution is 7.18. The Morgan fingerprint density at radius 3 is 2.65 bits per heavy atom. The largest absolute Gasteiger partial charge is 0.383 e. The summed E-state index contributed by atoms with van der Waals surface area (Å²) >= 11 is 7.00. The number of amides is 1. The lowest BCUT2D eigenvalue weighted by Crippen LogP contribution is -2.42. The van der Waals surface area contributed by atoms with E-state index < -0.39 is 17.2 Å². The summed E-state index contributed by atoms with van der Waals surface area (Å²) < 4.78 is 6.76. The summed E-state index contributed by atoms with van der Waals surface area (Å²) in [6.07, 6.45) is 0. The lowest BCUT2D eigenvalue weighted by atomic mass is 10.2. The molecule has 0 saturated heterocycles. The van der Waals surface area contributed by atoms with Crippen LogP contribution in [0.2, 0.25) is 4.34 Å². The van der Waals surface area contributed by atoms with E-state index in [4.69, 9.17) is 22.1 Å². The number of hydrogen-bond acceptors (Lipinski definition) is 6. The first kappa shape index (κ1) is 20.2. The number of aromatic amines is 1. The number of H-pyrrole nitrogens is 1. The Labute approximate surface area is 159 Å². The van der Waals surface area contributed by atoms with E-state index in [0.717, 1.165) is 11.3 Å². The smallest absolute Gasteiger partial charge is 0.330 e. The standard InChI is InChI=1S/C16H21ClN4O4S/c1-9(2)8-21-13(18)12(14(22)19-16(21)24)20(6-7-25-3)15(23)10-4-5-11(17)26-10/h4-5,9H,6-8,18H2,1-3H3,(H,19,22,24). The molecule has 2 heterocycles. The molecule has 0 unspecified atom stereocenters. The van der Waals surface area contributed by atoms with E-state index in [1.165, 1.54) is 16.6 Å². The molecule has 0 bridgehead atoms. The Bertz CT molecular complexity index is 902. The van der Waals surface area contributed by atoms with Crippen LogP contribution in [0.5, 0.6) is 0 Å². The normalized spacial score (nSPS) is 11.1. The maximum atomic E-state index is 12.9. The van der Waals surface area contributed by atoms with E-state index in [-0.39, 0.29) is 30.6 Å². The van der Waals surface area contributed by atoms with Gasteiger partial charge in [0, 0.05) is 20.2 Å². The molecule has 0 aliphatic heterocycles. The number of ether oxygens (including phenoxy) is 1. The number of methoxy groups -OCH3 is 1. The maximum Gasteiger partial charge on any atom is 0.330 e. The number of nitrogens with zero attached hydrogens (tertiary/aromatic N) is 2. The van der Waals surface area contributed by atoms with Gasteiger partial charge in [-0.1, -0.05) is 25.4 Å². The topological polar surface area (TPSA) is 110 Å². The molecular formula is C16H21ClN4O4S. The van der Waals surface area contributed by atoms with Gasteiger partial charge in [-0.15, -0.1) is 11.3 Å². The Morgan fingerprint density at radius 1 is 1.42 bits per heavy atom. The van der Waals surface area contributed by atoms with Crippen LogP contribution >= 0.6 is 22.9 Å². The van der Waals surface area contributed by atoms with Crippen LogP contribution in [-0.4, -0.2) is 35.7 Å². The van der Waals surface area contributed by atoms with Crippen LogP contribution in [0.4, 0.5) is 11.5 Å². The molecule has 0 saturated carbocycles. The lowest BCUT2D eigenvalue weighted by molar-refractivity contribution is 0.0979. The van der Waals surface area contributed by atoms with E-state index in [2.05, 4.69) is 4.98 Å². The third-order valence-electron chi connectivity index (χ3n) is 3.58. The van der Waals surface area contributed by atoms with Crippen LogP contribution in [0, 0.1) is 5.92 Å². The molecule has 0 aliphatic rings. The zero-order chi connectivity index (χ0) is 19.4. The molecule has 0 fully saturated rings. The fourth-order valence-electron chi connectivity index (χ4n) is 2.44. The number of nitrogens with two attached hydrogens (primary N) is 1. The fraction of sp³-hybridized carbons (Fsp3) is 0.438. The fourth-order valence-corrected chi connectivity index (χ4v) is 3.44. The molecule has 0 spiro atoms. The summed E-state index contributed by atoms with van der Waals surface area (Å²) in [5, 5.41) is 0. The number of nitrogens with one attached hydrogen (secondary N) is 1. The van der Waals surface area contributed by atoms with E-state index in [1.54, 1.807) is 12.1 Å². The number of aromatic nitrogens is 2. The summed E-state index contributed by atoms with van der Waals surface area (Å²) in [5.41, 5.74) is 4.71. The molecule has 0 aliphatic carbocycles. The number of anilines is 2. The molecule has 10 heteroatoms. The molecule has 2 aromatic heterocycles. The van der Waals surface area contributed by atoms with E-state index in [9.17, 15) is 14.4 Å². The van der Waals surface area contributed by atoms with Crippen molar-refractivity contribution in [3.05, 3.63) is 42.2 Å². The van der Waals surface area contributed by atoms with Crippen LogP contribution in [-0.2, 0) is 11.3 Å². The highest BCUT2D eigenvalue weighted by atomic mass is 35.5. The highest BCUT2D eigenvalue weighted by Crippen LogP contribution is 2.26. The Hall–Kier alpha value is -2.10. The summed E-state index contributed by atoms with van der Waals surface area (Å²) in [5.74, 6) is -0.376. The van der Waals surface area contributed by atoms with Crippen molar-refractivity contribution in [3.63, 3.8) is 0 Å². The highest BCUT2D eigenvalue weighted by Gasteiger charge is 2.26. The monoisotopic (exact) mass is 400 g/mol. The number of hydrogen-bond donors (Lipinski definition) is 2. The maximum absolute atomic E-state index is 12.9. The van der Waals surface area contributed by atoms with Crippen molar-refractivity contribution in [1.29, 1.82) is 0 Å². The molecule has 0 atom stereocenters. The summed E-state index contributed by atoms with van der Waals surface area (Å²) in [7, 11) is 1.48. The minimum Gasteiger partial charge on any atom is -0.383 e. The van der Waals surface area contributed by atoms with Crippen LogP contribution in [0.3, 0.4) is 0 Å². The average Bonchev–Trinajstić information content (AvgIpc) is 3.00. The van der Waals surface area contributed by atoms with Crippen molar-refractivity contribution in [2.24, 2.45) is 5.92 Å². The van der Waals surface area contributed by atoms with Crippen molar-refractivity contribution in [2.45, 2.75) is 20.4 Å². The SMILES string of the molecule is COCCN(C(=O)c1ccc(Cl)s1)c1c(N)n(CC(C)C)c(=O)[nH]c1=O. The Morgan fingerprint density at radius 2 is 2.12 bits per heavy atom. The third kappa shape index (κ3) is 4.35. The van der Waals surface area contributed by atoms with Crippen molar-refractivity contribution in [2.75, 3.05) is 30.9 Å². The molecule has 26 heavy (non-hydrogen) atoms. The molecule has 1 amide bonds. The first-order chi connectivity index (χ1) is 12.3. The van der Waals surface area contributed by atoms with Gasteiger partial charge in [-0.05, 0) is 18.1 Å². The quantitative estimate of drug-likeness (QED) is 0.736. The van der Waals surface area contributed by atoms with E-state index in [0.29, 0.717) is 15.8 Å². The Kier molecular flexibility index (Phi) is 6.63. The first-order valence-electron chi connectivity index (χ1n) is 7.95. The minimum atomic E-state index is -0.723. The minimum absolute atomic E-state index is 0.0560. The molecule has 8 nitrogen and oxygen atoms in total. The van der Waals surface area contributed by atoms with Gasteiger partial charge >= 0.3 is 5.69 Å². The van der Waals surface area contributed by atoms with Gasteiger partial charge in [0.2, 0.25) is 0 Å². The first-order valence-corrected chi connectivity index (χ1v) is 9.14. The van der Waals surface area contributed by atoms with Crippen LogP contribution in [0.1, 0.15) is 23.5 Å². The zero-order valence-corrected chi connectivity index (χ0v) is 16.3. The predicted octanol–water partition coefficient (Wildman–Crippen LogP) is 1.78. The van der Waals surface area contributed by atoms with Crippen LogP contribution in [0.25, 0.3) is 0 Å². The number of halogens is 1. The molecule has 0 radical (unpaired) electrons. The van der Waals surface area contributed by atoms with Gasteiger partial charge in [-0.3, -0.25) is 24.0 Å². The molecule has 2 rings (SSSR count). The molecule has 142 valence electrons. The van der Waals surface area contributed by atoms with Crippen molar-refractivity contribution < 1.29 is 9.53 Å². The number of carbonyl (C=O) groups excluding carboxylic acids is 1. The number of rotatable bonds is 7. The van der Waals surface area contributed by atoms with E-state index in [1.807, 2.05) is 13.8 Å². The zero-order valence-electron chi connectivity index (χ0n) is 14.7. The second-order valence-electron chi connectivity index (χ2n) is 6.05. The Balaban J connectivity index is 2.59. The van der Waals surface area contributed by atoms with Gasteiger partial charge in [0.1, 0.15) is 5.82 Å². The van der Waals surface area contributed by atoms with Crippen molar-refractivity contribution >= 4 is 40.4 Å². The second-order valence-corrected chi connectivity index (χ2v) is 7.77. The summed E-state index contributed by atoms with van der Waals surface area (Å²) in [6.45, 7) is 4.42. The number of nitrogen functional groups attached to an aromatic ring is 1. The van der Waals surface area contributed by atoms with Gasteiger partial charge in [0.15, 0.2) is 5.69 Å². The predicted molar refractivity (Wildman–Crippen MR) is 103 cm³/mol. The van der Waals surface area contributed by atoms with Gasteiger partial charge in [-0.25, -0.2) is 4.79 Å². The summed E-state index contributed by atoms with van der Waals surface area (Å²) in [4.78, 5) is 41.3.